The second-order valence-electron chi connectivity index (χ2n) is 7.57. The molecule has 0 spiro atoms. The van der Waals surface area contributed by atoms with Crippen molar-refractivity contribution in [1.82, 2.24) is 25.1 Å². The minimum absolute atomic E-state index is 0.626. The fourth-order valence-electron chi connectivity index (χ4n) is 3.71. The minimum atomic E-state index is 0.626. The Labute approximate surface area is 153 Å². The van der Waals surface area contributed by atoms with E-state index in [1.54, 1.807) is 0 Å². The normalized spacial score (nSPS) is 17.3. The molecule has 1 aliphatic heterocycles. The van der Waals surface area contributed by atoms with E-state index >= 15 is 0 Å². The molecule has 3 heterocycles. The molecule has 1 aliphatic carbocycles. The van der Waals surface area contributed by atoms with Crippen molar-refractivity contribution in [3.8, 4) is 11.3 Å². The minimum Gasteiger partial charge on any atom is -0.294 e. The highest BCUT2D eigenvalue weighted by Crippen LogP contribution is 2.38. The molecular formula is C21H23N5. The van der Waals surface area contributed by atoms with E-state index in [0.717, 1.165) is 37.6 Å². The fraction of sp³-hybridized carbons (Fsp3) is 0.381. The van der Waals surface area contributed by atoms with Crippen LogP contribution in [0.4, 0.5) is 0 Å². The van der Waals surface area contributed by atoms with E-state index in [9.17, 15) is 0 Å². The molecule has 5 heteroatoms. The first-order valence-electron chi connectivity index (χ1n) is 9.42. The van der Waals surface area contributed by atoms with E-state index in [4.69, 9.17) is 4.98 Å². The van der Waals surface area contributed by atoms with Gasteiger partial charge in [-0.15, -0.1) is 0 Å². The van der Waals surface area contributed by atoms with Crippen LogP contribution in [-0.2, 0) is 19.5 Å². The third-order valence-electron chi connectivity index (χ3n) is 5.43. The van der Waals surface area contributed by atoms with Gasteiger partial charge in [-0.05, 0) is 25.3 Å². The summed E-state index contributed by atoms with van der Waals surface area (Å²) in [6, 6.07) is 8.61. The highest BCUT2D eigenvalue weighted by Gasteiger charge is 2.28. The van der Waals surface area contributed by atoms with E-state index in [0.29, 0.717) is 5.92 Å². The van der Waals surface area contributed by atoms with Crippen LogP contribution in [-0.4, -0.2) is 31.6 Å². The number of aromatic amines is 1. The predicted molar refractivity (Wildman–Crippen MR) is 101 cm³/mol. The molecule has 0 unspecified atom stereocenters. The molecule has 1 saturated carbocycles. The van der Waals surface area contributed by atoms with Gasteiger partial charge in [0.05, 0.1) is 11.9 Å². The summed E-state index contributed by atoms with van der Waals surface area (Å²) < 4.78 is 0. The molecule has 5 nitrogen and oxygen atoms in total. The predicted octanol–water partition coefficient (Wildman–Crippen LogP) is 3.61. The van der Waals surface area contributed by atoms with E-state index < -0.39 is 0 Å². The Hall–Kier alpha value is -2.53. The molecule has 0 bridgehead atoms. The quantitative estimate of drug-likeness (QED) is 0.785. The molecular weight excluding hydrogens is 322 g/mol. The average Bonchev–Trinajstić information content (AvgIpc) is 3.42. The first-order valence-corrected chi connectivity index (χ1v) is 9.42. The smallest absolute Gasteiger partial charge is 0.131 e. The molecule has 2 aromatic heterocycles. The highest BCUT2D eigenvalue weighted by atomic mass is 15.2. The fourth-order valence-corrected chi connectivity index (χ4v) is 3.71. The molecule has 0 saturated heterocycles. The van der Waals surface area contributed by atoms with Gasteiger partial charge in [-0.2, -0.15) is 5.10 Å². The first kappa shape index (κ1) is 15.7. The van der Waals surface area contributed by atoms with Crippen molar-refractivity contribution < 1.29 is 0 Å². The number of fused-ring (bicyclic) bond motifs is 1. The Balaban J connectivity index is 1.33. The van der Waals surface area contributed by atoms with E-state index in [1.165, 1.54) is 40.8 Å². The molecule has 132 valence electrons. The van der Waals surface area contributed by atoms with Crippen LogP contribution in [0.3, 0.4) is 0 Å². The van der Waals surface area contributed by atoms with Crippen molar-refractivity contribution in [2.24, 2.45) is 0 Å². The molecule has 1 aromatic carbocycles. The van der Waals surface area contributed by atoms with E-state index in [1.807, 2.05) is 6.20 Å². The summed E-state index contributed by atoms with van der Waals surface area (Å²) in [6.45, 7) is 4.95. The number of benzene rings is 1. The van der Waals surface area contributed by atoms with Crippen molar-refractivity contribution in [1.29, 1.82) is 0 Å². The Bertz CT molecular complexity index is 924. The molecule has 0 atom stereocenters. The van der Waals surface area contributed by atoms with Crippen LogP contribution < -0.4 is 0 Å². The van der Waals surface area contributed by atoms with Crippen LogP contribution in [0.15, 0.2) is 36.7 Å². The summed E-state index contributed by atoms with van der Waals surface area (Å²) in [5.74, 6) is 1.69. The second-order valence-corrected chi connectivity index (χ2v) is 7.57. The van der Waals surface area contributed by atoms with E-state index in [2.05, 4.69) is 57.5 Å². The number of nitrogens with zero attached hydrogens (tertiary/aromatic N) is 4. The molecule has 0 amide bonds. The zero-order chi connectivity index (χ0) is 17.5. The molecule has 5 rings (SSSR count). The number of nitrogens with one attached hydrogen (secondary N) is 1. The summed E-state index contributed by atoms with van der Waals surface area (Å²) in [4.78, 5) is 11.9. The molecule has 0 radical (unpaired) electrons. The van der Waals surface area contributed by atoms with Crippen LogP contribution >= 0.6 is 0 Å². The van der Waals surface area contributed by atoms with Gasteiger partial charge in [0.1, 0.15) is 5.82 Å². The third-order valence-corrected chi connectivity index (χ3v) is 5.43. The van der Waals surface area contributed by atoms with Crippen LogP contribution in [0.25, 0.3) is 11.3 Å². The van der Waals surface area contributed by atoms with Crippen LogP contribution in [0, 0.1) is 6.92 Å². The lowest BCUT2D eigenvalue weighted by Crippen LogP contribution is -2.31. The van der Waals surface area contributed by atoms with Gasteiger partial charge in [-0.1, -0.05) is 29.8 Å². The molecule has 2 aliphatic rings. The van der Waals surface area contributed by atoms with Gasteiger partial charge in [0.25, 0.3) is 0 Å². The zero-order valence-corrected chi connectivity index (χ0v) is 15.1. The van der Waals surface area contributed by atoms with Gasteiger partial charge < -0.3 is 0 Å². The Morgan fingerprint density at radius 1 is 1.15 bits per heavy atom. The van der Waals surface area contributed by atoms with Gasteiger partial charge in [0, 0.05) is 55.0 Å². The number of H-pyrrole nitrogens is 1. The van der Waals surface area contributed by atoms with Gasteiger partial charge >= 0.3 is 0 Å². The van der Waals surface area contributed by atoms with Gasteiger partial charge in [-0.25, -0.2) is 9.97 Å². The largest absolute Gasteiger partial charge is 0.294 e. The monoisotopic (exact) mass is 345 g/mol. The maximum atomic E-state index is 4.82. The van der Waals surface area contributed by atoms with Crippen molar-refractivity contribution in [2.45, 2.75) is 45.2 Å². The number of hydrogen-bond donors (Lipinski definition) is 1. The molecule has 1 N–H and O–H groups in total. The van der Waals surface area contributed by atoms with Crippen molar-refractivity contribution >= 4 is 0 Å². The molecule has 1 fully saturated rings. The Morgan fingerprint density at radius 3 is 2.81 bits per heavy atom. The van der Waals surface area contributed by atoms with Crippen LogP contribution in [0.1, 0.15) is 47.0 Å². The van der Waals surface area contributed by atoms with Crippen molar-refractivity contribution in [2.75, 3.05) is 6.54 Å². The standard InChI is InChI=1S/C21H23N5/c1-14-2-4-15(5-3-14)20-18(11-23-25-20)13-26-9-8-19-17(12-26)10-22-21(24-19)16-6-7-16/h2-5,10-11,16H,6-9,12-13H2,1H3,(H,23,25). The highest BCUT2D eigenvalue weighted by molar-refractivity contribution is 5.62. The second kappa shape index (κ2) is 6.32. The number of rotatable bonds is 4. The van der Waals surface area contributed by atoms with Crippen LogP contribution in [0.2, 0.25) is 0 Å². The van der Waals surface area contributed by atoms with Crippen LogP contribution in [0.5, 0.6) is 0 Å². The third kappa shape index (κ3) is 3.03. The Kier molecular flexibility index (Phi) is 3.82. The summed E-state index contributed by atoms with van der Waals surface area (Å²) in [5, 5.41) is 7.47. The molecule has 3 aromatic rings. The van der Waals surface area contributed by atoms with E-state index in [-0.39, 0.29) is 0 Å². The lowest BCUT2D eigenvalue weighted by atomic mass is 10.0. The average molecular weight is 345 g/mol. The van der Waals surface area contributed by atoms with Gasteiger partial charge in [0.15, 0.2) is 0 Å². The molecule has 26 heavy (non-hydrogen) atoms. The first-order chi connectivity index (χ1) is 12.8. The SMILES string of the molecule is Cc1ccc(-c2[nH]ncc2CN2CCc3nc(C4CC4)ncc3C2)cc1. The van der Waals surface area contributed by atoms with Crippen molar-refractivity contribution in [3.63, 3.8) is 0 Å². The Morgan fingerprint density at radius 2 is 2.00 bits per heavy atom. The summed E-state index contributed by atoms with van der Waals surface area (Å²) >= 11 is 0. The maximum absolute atomic E-state index is 4.82. The van der Waals surface area contributed by atoms with Gasteiger partial charge in [0.2, 0.25) is 0 Å². The number of hydrogen-bond acceptors (Lipinski definition) is 4. The maximum Gasteiger partial charge on any atom is 0.131 e. The summed E-state index contributed by atoms with van der Waals surface area (Å²) in [5.41, 5.74) is 7.36. The van der Waals surface area contributed by atoms with Gasteiger partial charge in [-0.3, -0.25) is 10.00 Å². The number of aryl methyl sites for hydroxylation is 1. The lowest BCUT2D eigenvalue weighted by Gasteiger charge is -2.28. The summed E-state index contributed by atoms with van der Waals surface area (Å²) in [7, 11) is 0. The lowest BCUT2D eigenvalue weighted by molar-refractivity contribution is 0.243. The zero-order valence-electron chi connectivity index (χ0n) is 15.1. The number of aromatic nitrogens is 4. The topological polar surface area (TPSA) is 57.7 Å². The van der Waals surface area contributed by atoms with Crippen molar-refractivity contribution in [3.05, 3.63) is 64.9 Å². The summed E-state index contributed by atoms with van der Waals surface area (Å²) in [6.07, 6.45) is 7.53.